The summed E-state index contributed by atoms with van der Waals surface area (Å²) in [7, 11) is 0. The van der Waals surface area contributed by atoms with Gasteiger partial charge in [0, 0.05) is 16.0 Å². The van der Waals surface area contributed by atoms with Crippen LogP contribution in [0.3, 0.4) is 0 Å². The molecular weight excluding hydrogens is 473 g/mol. The molecule has 0 aromatic heterocycles. The van der Waals surface area contributed by atoms with Crippen molar-refractivity contribution in [3.8, 4) is 5.75 Å². The van der Waals surface area contributed by atoms with Gasteiger partial charge in [-0.2, -0.15) is 0 Å². The Balaban J connectivity index is 1.96. The molecule has 0 aliphatic heterocycles. The van der Waals surface area contributed by atoms with Gasteiger partial charge in [-0.25, -0.2) is 0 Å². The smallest absolute Gasteiger partial charge is 0.166 e. The number of carbonyl (C=O) groups is 1. The Bertz CT molecular complexity index is 1090. The molecule has 0 spiro atoms. The monoisotopic (exact) mass is 491 g/mol. The van der Waals surface area contributed by atoms with Gasteiger partial charge in [-0.15, -0.1) is 0 Å². The first-order chi connectivity index (χ1) is 13.8. The normalized spacial score (nSPS) is 12.2. The number of rotatable bonds is 6. The van der Waals surface area contributed by atoms with Gasteiger partial charge in [0.15, 0.2) is 5.78 Å². The lowest BCUT2D eigenvalue weighted by molar-refractivity contribution is -0.118. The molecule has 0 saturated carbocycles. The lowest BCUT2D eigenvalue weighted by Crippen LogP contribution is -2.21. The highest BCUT2D eigenvalue weighted by molar-refractivity contribution is 9.10. The van der Waals surface area contributed by atoms with E-state index < -0.39 is 0 Å². The Morgan fingerprint density at radius 1 is 1.03 bits per heavy atom. The minimum Gasteiger partial charge on any atom is -0.489 e. The predicted octanol–water partition coefficient (Wildman–Crippen LogP) is 6.88. The van der Waals surface area contributed by atoms with Crippen LogP contribution in [0.4, 0.5) is 0 Å². The molecule has 0 amide bonds. The standard InChI is InChI=1S/C23H20BrCl2NO2/c1-13(2)23(28)18(22(27)21-19(25)4-3-5-20(21)26)12-29-17-9-7-14-10-16(24)8-6-15(14)11-17/h3-11,13H,12,27H2,1-2H3/b22-18-. The number of hydrogen-bond donors (Lipinski definition) is 1. The number of fused-ring (bicyclic) bond motifs is 1. The van der Waals surface area contributed by atoms with Crippen LogP contribution < -0.4 is 10.5 Å². The van der Waals surface area contributed by atoms with E-state index in [-0.39, 0.29) is 24.0 Å². The zero-order valence-corrected chi connectivity index (χ0v) is 19.1. The minimum atomic E-state index is -0.248. The van der Waals surface area contributed by atoms with Gasteiger partial charge in [0.05, 0.1) is 21.3 Å². The lowest BCUT2D eigenvalue weighted by Gasteiger charge is -2.16. The summed E-state index contributed by atoms with van der Waals surface area (Å²) in [6.07, 6.45) is 0. The summed E-state index contributed by atoms with van der Waals surface area (Å²) in [5, 5.41) is 2.90. The van der Waals surface area contributed by atoms with Crippen LogP contribution in [0.2, 0.25) is 10.0 Å². The van der Waals surface area contributed by atoms with Gasteiger partial charge in [-0.3, -0.25) is 4.79 Å². The molecule has 0 aliphatic carbocycles. The van der Waals surface area contributed by atoms with Crippen LogP contribution in [0.15, 0.2) is 64.6 Å². The van der Waals surface area contributed by atoms with Crippen LogP contribution >= 0.6 is 39.1 Å². The van der Waals surface area contributed by atoms with Crippen LogP contribution in [0.5, 0.6) is 5.75 Å². The van der Waals surface area contributed by atoms with E-state index in [9.17, 15) is 4.79 Å². The third-order valence-electron chi connectivity index (χ3n) is 4.54. The first-order valence-electron chi connectivity index (χ1n) is 9.07. The van der Waals surface area contributed by atoms with Crippen LogP contribution in [0.1, 0.15) is 19.4 Å². The van der Waals surface area contributed by atoms with E-state index in [1.165, 1.54) is 0 Å². The molecule has 0 radical (unpaired) electrons. The molecule has 3 aromatic rings. The van der Waals surface area contributed by atoms with E-state index in [1.54, 1.807) is 18.2 Å². The zero-order valence-electron chi connectivity index (χ0n) is 16.0. The number of ketones is 1. The highest BCUT2D eigenvalue weighted by Crippen LogP contribution is 2.31. The molecule has 29 heavy (non-hydrogen) atoms. The van der Waals surface area contributed by atoms with E-state index in [4.69, 9.17) is 33.7 Å². The second-order valence-corrected chi connectivity index (χ2v) is 8.68. The van der Waals surface area contributed by atoms with Crippen molar-refractivity contribution >= 4 is 61.4 Å². The molecule has 0 bridgehead atoms. The van der Waals surface area contributed by atoms with Gasteiger partial charge < -0.3 is 10.5 Å². The molecule has 3 rings (SSSR count). The molecule has 0 fully saturated rings. The molecule has 6 heteroatoms. The maximum Gasteiger partial charge on any atom is 0.166 e. The van der Waals surface area contributed by atoms with Crippen molar-refractivity contribution in [1.29, 1.82) is 0 Å². The summed E-state index contributed by atoms with van der Waals surface area (Å²) in [4.78, 5) is 12.8. The van der Waals surface area contributed by atoms with Gasteiger partial charge in [0.25, 0.3) is 0 Å². The highest BCUT2D eigenvalue weighted by atomic mass is 79.9. The minimum absolute atomic E-state index is 0.0203. The molecule has 2 N–H and O–H groups in total. The molecule has 150 valence electrons. The van der Waals surface area contributed by atoms with Gasteiger partial charge in [-0.05, 0) is 47.2 Å². The molecule has 0 unspecified atom stereocenters. The number of hydrogen-bond acceptors (Lipinski definition) is 3. The first kappa shape index (κ1) is 21.7. The summed E-state index contributed by atoms with van der Waals surface area (Å²) in [6.45, 7) is 3.65. The fourth-order valence-corrected chi connectivity index (χ4v) is 3.96. The van der Waals surface area contributed by atoms with Crippen molar-refractivity contribution < 1.29 is 9.53 Å². The quantitative estimate of drug-likeness (QED) is 0.381. The summed E-state index contributed by atoms with van der Waals surface area (Å²) in [5.41, 5.74) is 7.40. The lowest BCUT2D eigenvalue weighted by atomic mass is 9.97. The van der Waals surface area contributed by atoms with Gasteiger partial charge >= 0.3 is 0 Å². The fraction of sp³-hybridized carbons (Fsp3) is 0.174. The Kier molecular flexibility index (Phi) is 6.89. The van der Waals surface area contributed by atoms with Crippen molar-refractivity contribution in [1.82, 2.24) is 0 Å². The topological polar surface area (TPSA) is 52.3 Å². The van der Waals surface area contributed by atoms with Crippen LogP contribution in [0, 0.1) is 5.92 Å². The number of ether oxygens (including phenoxy) is 1. The Hall–Kier alpha value is -2.01. The maximum atomic E-state index is 12.8. The van der Waals surface area contributed by atoms with Gasteiger partial charge in [0.2, 0.25) is 0 Å². The Morgan fingerprint density at radius 2 is 1.66 bits per heavy atom. The van der Waals surface area contributed by atoms with E-state index in [1.807, 2.05) is 50.2 Å². The molecular formula is C23H20BrCl2NO2. The van der Waals surface area contributed by atoms with Crippen molar-refractivity contribution in [3.63, 3.8) is 0 Å². The zero-order chi connectivity index (χ0) is 21.1. The molecule has 0 heterocycles. The van der Waals surface area contributed by atoms with Crippen molar-refractivity contribution in [2.45, 2.75) is 13.8 Å². The van der Waals surface area contributed by atoms with Crippen molar-refractivity contribution in [2.24, 2.45) is 11.7 Å². The van der Waals surface area contributed by atoms with Crippen LogP contribution in [-0.4, -0.2) is 12.4 Å². The predicted molar refractivity (Wildman–Crippen MR) is 125 cm³/mol. The van der Waals surface area contributed by atoms with Crippen molar-refractivity contribution in [2.75, 3.05) is 6.61 Å². The van der Waals surface area contributed by atoms with E-state index >= 15 is 0 Å². The highest BCUT2D eigenvalue weighted by Gasteiger charge is 2.21. The fourth-order valence-electron chi connectivity index (χ4n) is 2.98. The van der Waals surface area contributed by atoms with Gasteiger partial charge in [0.1, 0.15) is 12.4 Å². The summed E-state index contributed by atoms with van der Waals surface area (Å²) in [6, 6.07) is 16.9. The molecule has 3 aromatic carbocycles. The number of Topliss-reactive ketones (excluding diaryl/α,β-unsaturated/α-hetero) is 1. The van der Waals surface area contributed by atoms with Crippen molar-refractivity contribution in [3.05, 3.63) is 80.3 Å². The number of carbonyl (C=O) groups excluding carboxylic acids is 1. The van der Waals surface area contributed by atoms with Crippen LogP contribution in [0.25, 0.3) is 16.5 Å². The molecule has 0 aliphatic rings. The second-order valence-electron chi connectivity index (χ2n) is 6.95. The number of nitrogens with two attached hydrogens (primary N) is 1. The summed E-state index contributed by atoms with van der Waals surface area (Å²) < 4.78 is 6.95. The van der Waals surface area contributed by atoms with E-state index in [2.05, 4.69) is 15.9 Å². The van der Waals surface area contributed by atoms with Gasteiger partial charge in [-0.1, -0.05) is 71.2 Å². The van der Waals surface area contributed by atoms with Crippen LogP contribution in [-0.2, 0) is 4.79 Å². The summed E-state index contributed by atoms with van der Waals surface area (Å²) in [5.74, 6) is 0.289. The average molecular weight is 493 g/mol. The molecule has 0 saturated heterocycles. The number of benzene rings is 3. The third-order valence-corrected chi connectivity index (χ3v) is 5.66. The molecule has 3 nitrogen and oxygen atoms in total. The first-order valence-corrected chi connectivity index (χ1v) is 10.6. The van der Waals surface area contributed by atoms with E-state index in [0.29, 0.717) is 26.9 Å². The Morgan fingerprint density at radius 3 is 2.31 bits per heavy atom. The SMILES string of the molecule is CC(C)C(=O)/C(COc1ccc2cc(Br)ccc2c1)=C(\N)c1c(Cl)cccc1Cl. The Labute approximate surface area is 188 Å². The number of halogens is 3. The average Bonchev–Trinajstić information content (AvgIpc) is 2.67. The second kappa shape index (κ2) is 9.21. The van der Waals surface area contributed by atoms with E-state index in [0.717, 1.165) is 15.2 Å². The third kappa shape index (κ3) is 4.95. The molecule has 0 atom stereocenters. The maximum absolute atomic E-state index is 12.8. The summed E-state index contributed by atoms with van der Waals surface area (Å²) >= 11 is 16.1. The largest absolute Gasteiger partial charge is 0.489 e.